The first-order valence-corrected chi connectivity index (χ1v) is 8.36. The van der Waals surface area contributed by atoms with Crippen molar-refractivity contribution in [1.82, 2.24) is 5.32 Å². The predicted octanol–water partition coefficient (Wildman–Crippen LogP) is 4.08. The molecular weight excluding hydrogens is 359 g/mol. The van der Waals surface area contributed by atoms with Crippen molar-refractivity contribution < 1.29 is 27.5 Å². The van der Waals surface area contributed by atoms with Gasteiger partial charge in [0.1, 0.15) is 12.4 Å². The van der Waals surface area contributed by atoms with Crippen molar-refractivity contribution in [3.63, 3.8) is 0 Å². The van der Waals surface area contributed by atoms with Crippen LogP contribution in [0.25, 0.3) is 0 Å². The van der Waals surface area contributed by atoms with Gasteiger partial charge in [-0.1, -0.05) is 31.2 Å². The van der Waals surface area contributed by atoms with Crippen LogP contribution in [-0.2, 0) is 24.0 Å². The molecule has 0 fully saturated rings. The van der Waals surface area contributed by atoms with E-state index in [0.29, 0.717) is 5.75 Å². The SMILES string of the molecule is CCc1ccc(OCc2c(C(=O)C(=O)NC)cccc2C(F)(F)F)c(C)c1. The standard InChI is InChI=1S/C20H20F3NO3/c1-4-13-8-9-17(12(2)10-13)27-11-15-14(18(25)19(26)24-3)6-5-7-16(15)20(21,22)23/h5-10H,4,11H2,1-3H3,(H,24,26). The fourth-order valence-corrected chi connectivity index (χ4v) is 2.70. The second-order valence-electron chi connectivity index (χ2n) is 5.98. The second-order valence-corrected chi connectivity index (χ2v) is 5.98. The van der Waals surface area contributed by atoms with E-state index in [2.05, 4.69) is 5.32 Å². The Morgan fingerprint density at radius 1 is 1.15 bits per heavy atom. The van der Waals surface area contributed by atoms with Crippen molar-refractivity contribution in [2.24, 2.45) is 0 Å². The minimum absolute atomic E-state index is 0.327. The van der Waals surface area contributed by atoms with Crippen LogP contribution in [0.15, 0.2) is 36.4 Å². The Labute approximate surface area is 155 Å². The van der Waals surface area contributed by atoms with Gasteiger partial charge < -0.3 is 10.1 Å². The Morgan fingerprint density at radius 2 is 1.85 bits per heavy atom. The lowest BCUT2D eigenvalue weighted by atomic mass is 9.97. The first-order valence-electron chi connectivity index (χ1n) is 8.36. The molecule has 144 valence electrons. The quantitative estimate of drug-likeness (QED) is 0.608. The summed E-state index contributed by atoms with van der Waals surface area (Å²) in [6.45, 7) is 3.30. The second kappa shape index (κ2) is 8.24. The summed E-state index contributed by atoms with van der Waals surface area (Å²) in [5.41, 5.74) is 0.161. The molecule has 0 aliphatic rings. The van der Waals surface area contributed by atoms with Gasteiger partial charge in [0.15, 0.2) is 0 Å². The highest BCUT2D eigenvalue weighted by Gasteiger charge is 2.36. The highest BCUT2D eigenvalue weighted by atomic mass is 19.4. The first-order chi connectivity index (χ1) is 12.7. The van der Waals surface area contributed by atoms with Crippen LogP contribution in [0.5, 0.6) is 5.75 Å². The molecule has 0 atom stereocenters. The van der Waals surface area contributed by atoms with Gasteiger partial charge in [0.2, 0.25) is 0 Å². The van der Waals surface area contributed by atoms with Crippen LogP contribution in [0, 0.1) is 6.92 Å². The molecule has 2 rings (SSSR count). The number of amides is 1. The van der Waals surface area contributed by atoms with E-state index in [1.807, 2.05) is 19.1 Å². The summed E-state index contributed by atoms with van der Waals surface area (Å²) < 4.78 is 45.8. The molecule has 0 aromatic heterocycles. The molecule has 2 aromatic rings. The lowest BCUT2D eigenvalue weighted by Crippen LogP contribution is -2.29. The van der Waals surface area contributed by atoms with Crippen LogP contribution in [-0.4, -0.2) is 18.7 Å². The molecule has 1 N–H and O–H groups in total. The molecule has 4 nitrogen and oxygen atoms in total. The first kappa shape index (κ1) is 20.5. The number of nitrogens with one attached hydrogen (secondary N) is 1. The van der Waals surface area contributed by atoms with Crippen LogP contribution in [0.2, 0.25) is 0 Å². The predicted molar refractivity (Wildman–Crippen MR) is 94.7 cm³/mol. The Bertz CT molecular complexity index is 860. The molecule has 7 heteroatoms. The van der Waals surface area contributed by atoms with E-state index >= 15 is 0 Å². The van der Waals surface area contributed by atoms with Gasteiger partial charge in [0.25, 0.3) is 11.7 Å². The molecule has 0 unspecified atom stereocenters. The zero-order valence-corrected chi connectivity index (χ0v) is 15.2. The smallest absolute Gasteiger partial charge is 0.416 e. The van der Waals surface area contributed by atoms with Gasteiger partial charge in [-0.05, 0) is 36.6 Å². The summed E-state index contributed by atoms with van der Waals surface area (Å²) >= 11 is 0. The summed E-state index contributed by atoms with van der Waals surface area (Å²) in [4.78, 5) is 23.8. The number of carbonyl (C=O) groups excluding carboxylic acids is 2. The van der Waals surface area contributed by atoms with E-state index < -0.39 is 30.0 Å². The van der Waals surface area contributed by atoms with E-state index in [1.54, 1.807) is 13.0 Å². The van der Waals surface area contributed by atoms with Gasteiger partial charge in [0.05, 0.1) is 5.56 Å². The van der Waals surface area contributed by atoms with Crippen LogP contribution >= 0.6 is 0 Å². The lowest BCUT2D eigenvalue weighted by molar-refractivity contribution is -0.138. The number of aryl methyl sites for hydroxylation is 2. The average molecular weight is 379 g/mol. The number of ether oxygens (including phenoxy) is 1. The van der Waals surface area contributed by atoms with Crippen molar-refractivity contribution in [2.45, 2.75) is 33.1 Å². The fraction of sp³-hybridized carbons (Fsp3) is 0.300. The Kier molecular flexibility index (Phi) is 6.25. The molecule has 1 amide bonds. The molecule has 0 saturated carbocycles. The maximum Gasteiger partial charge on any atom is 0.416 e. The van der Waals surface area contributed by atoms with E-state index in [4.69, 9.17) is 4.74 Å². The molecule has 0 aliphatic heterocycles. The zero-order valence-electron chi connectivity index (χ0n) is 15.2. The third-order valence-corrected chi connectivity index (χ3v) is 4.18. The molecule has 0 spiro atoms. The van der Waals surface area contributed by atoms with Crippen molar-refractivity contribution in [2.75, 3.05) is 7.05 Å². The number of halogens is 3. The van der Waals surface area contributed by atoms with Crippen molar-refractivity contribution in [1.29, 1.82) is 0 Å². The Balaban J connectivity index is 2.44. The van der Waals surface area contributed by atoms with Gasteiger partial charge in [-0.15, -0.1) is 0 Å². The molecule has 0 heterocycles. The fourth-order valence-electron chi connectivity index (χ4n) is 2.70. The summed E-state index contributed by atoms with van der Waals surface area (Å²) in [6.07, 6.45) is -3.86. The van der Waals surface area contributed by atoms with E-state index in [-0.39, 0.29) is 11.1 Å². The van der Waals surface area contributed by atoms with Gasteiger partial charge in [0, 0.05) is 18.2 Å². The minimum atomic E-state index is -4.68. The molecule has 2 aromatic carbocycles. The molecule has 0 radical (unpaired) electrons. The van der Waals surface area contributed by atoms with Gasteiger partial charge in [-0.2, -0.15) is 13.2 Å². The number of rotatable bonds is 6. The molecule has 0 aliphatic carbocycles. The molecule has 0 bridgehead atoms. The third kappa shape index (κ3) is 4.67. The zero-order chi connectivity index (χ0) is 20.2. The molecule has 27 heavy (non-hydrogen) atoms. The highest BCUT2D eigenvalue weighted by Crippen LogP contribution is 2.34. The van der Waals surface area contributed by atoms with E-state index in [9.17, 15) is 22.8 Å². The highest BCUT2D eigenvalue weighted by molar-refractivity contribution is 6.43. The van der Waals surface area contributed by atoms with Crippen LogP contribution in [0.1, 0.15) is 39.5 Å². The van der Waals surface area contributed by atoms with Crippen molar-refractivity contribution in [3.8, 4) is 5.75 Å². The summed E-state index contributed by atoms with van der Waals surface area (Å²) in [6, 6.07) is 8.56. The van der Waals surface area contributed by atoms with Crippen molar-refractivity contribution >= 4 is 11.7 Å². The van der Waals surface area contributed by atoms with Gasteiger partial charge in [-0.25, -0.2) is 0 Å². The van der Waals surface area contributed by atoms with Crippen LogP contribution < -0.4 is 10.1 Å². The Morgan fingerprint density at radius 3 is 2.41 bits per heavy atom. The Hall–Kier alpha value is -2.83. The van der Waals surface area contributed by atoms with E-state index in [0.717, 1.165) is 29.7 Å². The van der Waals surface area contributed by atoms with Crippen molar-refractivity contribution in [3.05, 3.63) is 64.2 Å². The summed E-state index contributed by atoms with van der Waals surface area (Å²) in [5, 5.41) is 2.13. The van der Waals surface area contributed by atoms with Gasteiger partial charge in [-0.3, -0.25) is 9.59 Å². The number of benzene rings is 2. The van der Waals surface area contributed by atoms with Crippen LogP contribution in [0.3, 0.4) is 0 Å². The maximum atomic E-state index is 13.4. The molecular formula is C20H20F3NO3. The number of hydrogen-bond acceptors (Lipinski definition) is 3. The van der Waals surface area contributed by atoms with E-state index in [1.165, 1.54) is 13.1 Å². The number of likely N-dealkylation sites (N-methyl/N-ethyl adjacent to an activating group) is 1. The number of hydrogen-bond donors (Lipinski definition) is 1. The number of ketones is 1. The number of Topliss-reactive ketones (excluding diaryl/α,β-unsaturated/α-hetero) is 1. The van der Waals surface area contributed by atoms with Gasteiger partial charge >= 0.3 is 6.18 Å². The number of alkyl halides is 3. The lowest BCUT2D eigenvalue weighted by Gasteiger charge is -2.17. The molecule has 0 saturated heterocycles. The summed E-state index contributed by atoms with van der Waals surface area (Å²) in [7, 11) is 1.24. The monoisotopic (exact) mass is 379 g/mol. The topological polar surface area (TPSA) is 55.4 Å². The largest absolute Gasteiger partial charge is 0.489 e. The van der Waals surface area contributed by atoms with Crippen LogP contribution in [0.4, 0.5) is 13.2 Å². The third-order valence-electron chi connectivity index (χ3n) is 4.18. The average Bonchev–Trinajstić information content (AvgIpc) is 2.64. The summed E-state index contributed by atoms with van der Waals surface area (Å²) in [5.74, 6) is -1.61. The number of carbonyl (C=O) groups is 2. The normalized spacial score (nSPS) is 11.2. The minimum Gasteiger partial charge on any atom is -0.489 e. The maximum absolute atomic E-state index is 13.4.